The third-order valence-electron chi connectivity index (χ3n) is 4.91. The number of rotatable bonds is 6. The number of ether oxygens (including phenoxy) is 2. The van der Waals surface area contributed by atoms with Gasteiger partial charge in [-0.2, -0.15) is 0 Å². The molecule has 3 aromatic rings. The molecule has 0 unspecified atom stereocenters. The summed E-state index contributed by atoms with van der Waals surface area (Å²) in [5.74, 6) is -1.78. The summed E-state index contributed by atoms with van der Waals surface area (Å²) >= 11 is 12.8. The molecule has 0 atom stereocenters. The highest BCUT2D eigenvalue weighted by molar-refractivity contribution is 6.40. The van der Waals surface area contributed by atoms with Crippen molar-refractivity contribution in [1.82, 2.24) is 4.57 Å². The van der Waals surface area contributed by atoms with E-state index in [2.05, 4.69) is 0 Å². The van der Waals surface area contributed by atoms with Gasteiger partial charge in [-0.05, 0) is 52.0 Å². The van der Waals surface area contributed by atoms with Crippen LogP contribution in [-0.4, -0.2) is 48.2 Å². The number of fused-ring (bicyclic) bond motifs is 1. The fourth-order valence-electron chi connectivity index (χ4n) is 3.62. The molecule has 0 saturated heterocycles. The van der Waals surface area contributed by atoms with Gasteiger partial charge in [0.1, 0.15) is 11.4 Å². The van der Waals surface area contributed by atoms with E-state index in [0.29, 0.717) is 5.39 Å². The summed E-state index contributed by atoms with van der Waals surface area (Å²) < 4.78 is 25.5. The number of carbonyl (C=O) groups excluding carboxylic acids is 3. The third-order valence-corrected chi connectivity index (χ3v) is 5.43. The molecule has 0 bridgehead atoms. The number of anilines is 1. The smallest absolute Gasteiger partial charge is 0.419 e. The van der Waals surface area contributed by atoms with Gasteiger partial charge in [0.25, 0.3) is 0 Å². The zero-order valence-corrected chi connectivity index (χ0v) is 21.5. The molecule has 186 valence electrons. The molecular formula is C25H25Cl2FN2O5. The van der Waals surface area contributed by atoms with Crippen molar-refractivity contribution in [2.75, 3.05) is 25.1 Å². The first-order chi connectivity index (χ1) is 16.3. The Kier molecular flexibility index (Phi) is 7.77. The van der Waals surface area contributed by atoms with Gasteiger partial charge in [-0.15, -0.1) is 0 Å². The van der Waals surface area contributed by atoms with Crippen LogP contribution in [0.3, 0.4) is 0 Å². The lowest BCUT2D eigenvalue weighted by molar-refractivity contribution is 0.0454. The summed E-state index contributed by atoms with van der Waals surface area (Å²) in [6, 6.07) is 8.21. The highest BCUT2D eigenvalue weighted by Gasteiger charge is 2.33. The molecule has 0 radical (unpaired) electrons. The highest BCUT2D eigenvalue weighted by Crippen LogP contribution is 2.41. The molecule has 0 spiro atoms. The molecular weight excluding hydrogens is 498 g/mol. The van der Waals surface area contributed by atoms with Crippen LogP contribution in [0.2, 0.25) is 10.0 Å². The van der Waals surface area contributed by atoms with Gasteiger partial charge in [0, 0.05) is 23.0 Å². The Balaban J connectivity index is 2.26. The molecule has 10 heteroatoms. The third kappa shape index (κ3) is 5.77. The maximum absolute atomic E-state index is 13.7. The molecule has 0 N–H and O–H groups in total. The van der Waals surface area contributed by atoms with E-state index in [-0.39, 0.29) is 45.7 Å². The van der Waals surface area contributed by atoms with Crippen LogP contribution in [0.25, 0.3) is 10.9 Å². The molecule has 3 rings (SSSR count). The lowest BCUT2D eigenvalue weighted by atomic mass is 10.1. The highest BCUT2D eigenvalue weighted by atomic mass is 35.5. The van der Waals surface area contributed by atoms with Crippen LogP contribution in [0.1, 0.15) is 48.5 Å². The van der Waals surface area contributed by atoms with Gasteiger partial charge in [0.15, 0.2) is 11.5 Å². The number of esters is 1. The van der Waals surface area contributed by atoms with Gasteiger partial charge < -0.3 is 14.4 Å². The molecule has 1 heterocycles. The van der Waals surface area contributed by atoms with Crippen molar-refractivity contribution in [1.29, 1.82) is 0 Å². The van der Waals surface area contributed by atoms with Crippen LogP contribution in [0.5, 0.6) is 0 Å². The summed E-state index contributed by atoms with van der Waals surface area (Å²) in [5.41, 5.74) is -0.508. The number of Topliss-reactive ketones (excluding diaryl/α,β-unsaturated/α-hetero) is 1. The molecule has 2 aromatic carbocycles. The maximum Gasteiger partial charge on any atom is 0.419 e. The predicted molar refractivity (Wildman–Crippen MR) is 134 cm³/mol. The summed E-state index contributed by atoms with van der Waals surface area (Å²) in [6.07, 6.45) is -0.847. The van der Waals surface area contributed by atoms with Crippen molar-refractivity contribution in [2.45, 2.75) is 33.3 Å². The minimum absolute atomic E-state index is 0.0363. The Morgan fingerprint density at radius 1 is 1.11 bits per heavy atom. The lowest BCUT2D eigenvalue weighted by Gasteiger charge is -2.22. The normalized spacial score (nSPS) is 11.4. The van der Waals surface area contributed by atoms with E-state index in [1.807, 2.05) is 0 Å². The molecule has 0 amide bonds. The quantitative estimate of drug-likeness (QED) is 0.276. The van der Waals surface area contributed by atoms with Crippen molar-refractivity contribution in [2.24, 2.45) is 0 Å². The van der Waals surface area contributed by atoms with Gasteiger partial charge in [-0.3, -0.25) is 4.79 Å². The number of ketones is 1. The predicted octanol–water partition coefficient (Wildman–Crippen LogP) is 6.37. The Morgan fingerprint density at radius 2 is 1.80 bits per heavy atom. The summed E-state index contributed by atoms with van der Waals surface area (Å²) in [5, 5.41) is 0.685. The number of hydrogen-bond donors (Lipinski definition) is 0. The Labute approximate surface area is 212 Å². The van der Waals surface area contributed by atoms with Crippen molar-refractivity contribution in [3.8, 4) is 0 Å². The number of halogens is 3. The second-order valence-corrected chi connectivity index (χ2v) is 9.65. The molecule has 7 nitrogen and oxygen atoms in total. The van der Waals surface area contributed by atoms with Gasteiger partial charge in [0.2, 0.25) is 0 Å². The average Bonchev–Trinajstić information content (AvgIpc) is 3.08. The van der Waals surface area contributed by atoms with Gasteiger partial charge in [0.05, 0.1) is 29.4 Å². The molecule has 0 saturated carbocycles. The Bertz CT molecular complexity index is 1310. The van der Waals surface area contributed by atoms with E-state index in [1.54, 1.807) is 34.7 Å². The van der Waals surface area contributed by atoms with Crippen molar-refractivity contribution < 1.29 is 28.2 Å². The Morgan fingerprint density at radius 3 is 2.40 bits per heavy atom. The zero-order chi connectivity index (χ0) is 26.1. The first kappa shape index (κ1) is 26.5. The van der Waals surface area contributed by atoms with Crippen LogP contribution in [0.4, 0.5) is 14.9 Å². The first-order valence-corrected chi connectivity index (χ1v) is 11.5. The number of aromatic nitrogens is 1. The number of benzene rings is 2. The molecule has 0 aliphatic heterocycles. The monoisotopic (exact) mass is 522 g/mol. The van der Waals surface area contributed by atoms with E-state index in [1.165, 1.54) is 35.2 Å². The summed E-state index contributed by atoms with van der Waals surface area (Å²) in [4.78, 5) is 40.8. The average molecular weight is 523 g/mol. The van der Waals surface area contributed by atoms with E-state index < -0.39 is 29.3 Å². The molecule has 0 fully saturated rings. The van der Waals surface area contributed by atoms with E-state index >= 15 is 0 Å². The fraction of sp³-hybridized carbons (Fsp3) is 0.320. The van der Waals surface area contributed by atoms with Gasteiger partial charge in [-0.25, -0.2) is 18.5 Å². The van der Waals surface area contributed by atoms with Crippen LogP contribution >= 0.6 is 23.2 Å². The number of carbonyl (C=O) groups is 3. The lowest BCUT2D eigenvalue weighted by Crippen LogP contribution is -2.31. The fourth-order valence-corrected chi connectivity index (χ4v) is 4.19. The van der Waals surface area contributed by atoms with Crippen LogP contribution in [0.15, 0.2) is 36.4 Å². The summed E-state index contributed by atoms with van der Waals surface area (Å²) in [7, 11) is 1.55. The molecule has 0 aliphatic carbocycles. The van der Waals surface area contributed by atoms with Crippen LogP contribution < -0.4 is 4.90 Å². The van der Waals surface area contributed by atoms with Crippen molar-refractivity contribution in [3.05, 3.63) is 63.5 Å². The zero-order valence-electron chi connectivity index (χ0n) is 19.9. The van der Waals surface area contributed by atoms with Crippen molar-refractivity contribution in [3.63, 3.8) is 0 Å². The summed E-state index contributed by atoms with van der Waals surface area (Å²) in [6.45, 7) is 6.47. The van der Waals surface area contributed by atoms with Gasteiger partial charge >= 0.3 is 12.1 Å². The number of hydrogen-bond acceptors (Lipinski definition) is 6. The van der Waals surface area contributed by atoms with E-state index in [0.717, 1.165) is 10.6 Å². The minimum Gasteiger partial charge on any atom is -0.461 e. The largest absolute Gasteiger partial charge is 0.461 e. The Hall–Kier alpha value is -3.10. The maximum atomic E-state index is 13.7. The molecule has 0 aliphatic rings. The second kappa shape index (κ2) is 10.3. The van der Waals surface area contributed by atoms with Crippen LogP contribution in [-0.2, 0) is 9.47 Å². The standard InChI is InChI=1S/C25H25Cl2FN2O5/c1-6-34-23(32)22-21(29(5)13-19(31)14-8-7-9-16(28)10-14)20-17(27)11-15(26)12-18(20)30(22)24(33)35-25(2,3)4/h7-12H,6,13H2,1-5H3. The van der Waals surface area contributed by atoms with Crippen molar-refractivity contribution >= 4 is 57.6 Å². The number of likely N-dealkylation sites (N-methyl/N-ethyl adjacent to an activating group) is 1. The minimum atomic E-state index is -0.874. The van der Waals surface area contributed by atoms with Gasteiger partial charge in [-0.1, -0.05) is 35.3 Å². The topological polar surface area (TPSA) is 77.8 Å². The van der Waals surface area contributed by atoms with E-state index in [9.17, 15) is 18.8 Å². The first-order valence-electron chi connectivity index (χ1n) is 10.8. The number of nitrogens with zero attached hydrogens (tertiary/aromatic N) is 2. The molecule has 1 aromatic heterocycles. The second-order valence-electron chi connectivity index (χ2n) is 8.80. The molecule has 35 heavy (non-hydrogen) atoms. The van der Waals surface area contributed by atoms with E-state index in [4.69, 9.17) is 32.7 Å². The SMILES string of the molecule is CCOC(=O)c1c(N(C)CC(=O)c2cccc(F)c2)c2c(Cl)cc(Cl)cc2n1C(=O)OC(C)(C)C. The van der Waals surface area contributed by atoms with Crippen LogP contribution in [0, 0.1) is 5.82 Å².